The lowest BCUT2D eigenvalue weighted by Crippen LogP contribution is -2.31. The highest BCUT2D eigenvalue weighted by Gasteiger charge is 2.20. The summed E-state index contributed by atoms with van der Waals surface area (Å²) in [5.74, 6) is 0. The Bertz CT molecular complexity index is 431. The SMILES string of the molecule is CCN(c1ccccc1C)S(=O)(=O)CBr. The summed E-state index contributed by atoms with van der Waals surface area (Å²) >= 11 is 3.00. The molecule has 0 aliphatic rings. The molecule has 0 N–H and O–H groups in total. The summed E-state index contributed by atoms with van der Waals surface area (Å²) in [6, 6.07) is 7.46. The molecule has 0 radical (unpaired) electrons. The van der Waals surface area contributed by atoms with Gasteiger partial charge in [-0.3, -0.25) is 4.31 Å². The lowest BCUT2D eigenvalue weighted by atomic mass is 10.2. The summed E-state index contributed by atoms with van der Waals surface area (Å²) < 4.78 is 24.9. The predicted octanol–water partition coefficient (Wildman–Crippen LogP) is 2.50. The van der Waals surface area contributed by atoms with Crippen molar-refractivity contribution in [2.24, 2.45) is 0 Å². The molecule has 0 saturated carbocycles. The molecule has 0 spiro atoms. The molecule has 0 fully saturated rings. The van der Waals surface area contributed by atoms with Crippen LogP contribution < -0.4 is 4.31 Å². The smallest absolute Gasteiger partial charge is 0.245 e. The van der Waals surface area contributed by atoms with Crippen LogP contribution in [0.3, 0.4) is 0 Å². The summed E-state index contributed by atoms with van der Waals surface area (Å²) in [5.41, 5.74) is 1.71. The van der Waals surface area contributed by atoms with Crippen molar-refractivity contribution in [3.8, 4) is 0 Å². The van der Waals surface area contributed by atoms with E-state index in [0.29, 0.717) is 6.54 Å². The maximum absolute atomic E-state index is 11.8. The van der Waals surface area contributed by atoms with Crippen LogP contribution >= 0.6 is 15.9 Å². The minimum absolute atomic E-state index is 0.0534. The van der Waals surface area contributed by atoms with Crippen molar-refractivity contribution in [3.05, 3.63) is 29.8 Å². The fraction of sp³-hybridized carbons (Fsp3) is 0.400. The van der Waals surface area contributed by atoms with Crippen molar-refractivity contribution in [1.29, 1.82) is 0 Å². The first-order valence-corrected chi connectivity index (χ1v) is 7.38. The molecule has 0 aromatic heterocycles. The van der Waals surface area contributed by atoms with E-state index in [9.17, 15) is 8.42 Å². The van der Waals surface area contributed by atoms with Crippen molar-refractivity contribution < 1.29 is 8.42 Å². The molecule has 0 heterocycles. The number of hydrogen-bond donors (Lipinski definition) is 0. The summed E-state index contributed by atoms with van der Waals surface area (Å²) in [5, 5.41) is 0. The van der Waals surface area contributed by atoms with Gasteiger partial charge in [0.25, 0.3) is 0 Å². The highest BCUT2D eigenvalue weighted by molar-refractivity contribution is 9.10. The van der Waals surface area contributed by atoms with Gasteiger partial charge in [0.2, 0.25) is 10.0 Å². The summed E-state index contributed by atoms with van der Waals surface area (Å²) in [6.45, 7) is 4.17. The third kappa shape index (κ3) is 2.72. The number of benzene rings is 1. The number of hydrogen-bond acceptors (Lipinski definition) is 2. The lowest BCUT2D eigenvalue weighted by molar-refractivity contribution is 0.597. The molecule has 0 bridgehead atoms. The Kier molecular flexibility index (Phi) is 4.16. The first kappa shape index (κ1) is 12.5. The molecule has 15 heavy (non-hydrogen) atoms. The fourth-order valence-electron chi connectivity index (χ4n) is 1.42. The number of rotatable bonds is 4. The first-order chi connectivity index (χ1) is 7.03. The number of aryl methyl sites for hydroxylation is 1. The van der Waals surface area contributed by atoms with E-state index in [1.54, 1.807) is 0 Å². The molecule has 3 nitrogen and oxygen atoms in total. The third-order valence-corrected chi connectivity index (χ3v) is 5.28. The second-order valence-electron chi connectivity index (χ2n) is 3.17. The van der Waals surface area contributed by atoms with Gasteiger partial charge in [0, 0.05) is 6.54 Å². The molecule has 0 amide bonds. The minimum atomic E-state index is -3.24. The van der Waals surface area contributed by atoms with Gasteiger partial charge in [0.15, 0.2) is 0 Å². The molecule has 84 valence electrons. The van der Waals surface area contributed by atoms with Gasteiger partial charge < -0.3 is 0 Å². The van der Waals surface area contributed by atoms with Crippen LogP contribution in [0.15, 0.2) is 24.3 Å². The Balaban J connectivity index is 3.20. The van der Waals surface area contributed by atoms with Crippen molar-refractivity contribution in [2.75, 3.05) is 15.5 Å². The van der Waals surface area contributed by atoms with Crippen LogP contribution in [0.4, 0.5) is 5.69 Å². The van der Waals surface area contributed by atoms with Gasteiger partial charge in [-0.05, 0) is 25.5 Å². The Morgan fingerprint density at radius 3 is 2.40 bits per heavy atom. The number of anilines is 1. The van der Waals surface area contributed by atoms with Crippen LogP contribution in [0.1, 0.15) is 12.5 Å². The number of para-hydroxylation sites is 1. The first-order valence-electron chi connectivity index (χ1n) is 4.65. The second-order valence-corrected chi connectivity index (χ2v) is 6.37. The van der Waals surface area contributed by atoms with Crippen LogP contribution in [0.25, 0.3) is 0 Å². The van der Waals surface area contributed by atoms with Crippen LogP contribution in [0.5, 0.6) is 0 Å². The van der Waals surface area contributed by atoms with Gasteiger partial charge in [-0.2, -0.15) is 0 Å². The standard InChI is InChI=1S/C10H14BrNO2S/c1-3-12(15(13,14)8-11)10-7-5-4-6-9(10)2/h4-7H,3,8H2,1-2H3. The largest absolute Gasteiger partial charge is 0.270 e. The molecule has 1 aromatic carbocycles. The van der Waals surface area contributed by atoms with E-state index in [1.807, 2.05) is 38.1 Å². The van der Waals surface area contributed by atoms with Gasteiger partial charge in [0.05, 0.1) is 5.69 Å². The van der Waals surface area contributed by atoms with E-state index in [2.05, 4.69) is 15.9 Å². The number of nitrogens with zero attached hydrogens (tertiary/aromatic N) is 1. The molecule has 0 atom stereocenters. The summed E-state index contributed by atoms with van der Waals surface area (Å²) in [7, 11) is -3.24. The van der Waals surface area contributed by atoms with Gasteiger partial charge in [-0.15, -0.1) is 0 Å². The van der Waals surface area contributed by atoms with E-state index in [0.717, 1.165) is 11.3 Å². The maximum Gasteiger partial charge on any atom is 0.245 e. The predicted molar refractivity (Wildman–Crippen MR) is 66.9 cm³/mol. The normalized spacial score (nSPS) is 11.4. The Hall–Kier alpha value is -0.550. The number of sulfonamides is 1. The van der Waals surface area contributed by atoms with E-state index in [-0.39, 0.29) is 4.66 Å². The van der Waals surface area contributed by atoms with E-state index in [4.69, 9.17) is 0 Å². The average molecular weight is 292 g/mol. The van der Waals surface area contributed by atoms with Crippen LogP contribution in [-0.4, -0.2) is 19.6 Å². The fourth-order valence-corrected chi connectivity index (χ4v) is 3.18. The molecule has 1 aromatic rings. The topological polar surface area (TPSA) is 37.4 Å². The van der Waals surface area contributed by atoms with Crippen molar-refractivity contribution >= 4 is 31.6 Å². The van der Waals surface area contributed by atoms with Gasteiger partial charge in [-0.25, -0.2) is 8.42 Å². The molecule has 0 aliphatic heterocycles. The lowest BCUT2D eigenvalue weighted by Gasteiger charge is -2.23. The van der Waals surface area contributed by atoms with E-state index >= 15 is 0 Å². The minimum Gasteiger partial charge on any atom is -0.270 e. The van der Waals surface area contributed by atoms with Gasteiger partial charge in [-0.1, -0.05) is 34.1 Å². The number of alkyl halides is 1. The quantitative estimate of drug-likeness (QED) is 0.800. The zero-order valence-electron chi connectivity index (χ0n) is 8.77. The van der Waals surface area contributed by atoms with Crippen LogP contribution in [-0.2, 0) is 10.0 Å². The average Bonchev–Trinajstić information content (AvgIpc) is 2.21. The van der Waals surface area contributed by atoms with Crippen molar-refractivity contribution in [2.45, 2.75) is 13.8 Å². The second kappa shape index (κ2) is 4.99. The van der Waals surface area contributed by atoms with Gasteiger partial charge in [0.1, 0.15) is 4.66 Å². The Labute approximate surface area is 99.3 Å². The van der Waals surface area contributed by atoms with E-state index < -0.39 is 10.0 Å². The highest BCUT2D eigenvalue weighted by Crippen LogP contribution is 2.22. The number of halogens is 1. The van der Waals surface area contributed by atoms with E-state index in [1.165, 1.54) is 4.31 Å². The molecule has 5 heteroatoms. The van der Waals surface area contributed by atoms with Crippen molar-refractivity contribution in [3.63, 3.8) is 0 Å². The highest BCUT2D eigenvalue weighted by atomic mass is 79.9. The molecular weight excluding hydrogens is 278 g/mol. The summed E-state index contributed by atoms with van der Waals surface area (Å²) in [6.07, 6.45) is 0. The Morgan fingerprint density at radius 1 is 1.33 bits per heavy atom. The third-order valence-electron chi connectivity index (χ3n) is 2.15. The van der Waals surface area contributed by atoms with Crippen molar-refractivity contribution in [1.82, 2.24) is 0 Å². The molecule has 1 rings (SSSR count). The monoisotopic (exact) mass is 291 g/mol. The van der Waals surface area contributed by atoms with Crippen LogP contribution in [0.2, 0.25) is 0 Å². The maximum atomic E-state index is 11.8. The summed E-state index contributed by atoms with van der Waals surface area (Å²) in [4.78, 5) is 0. The molecule has 0 aliphatic carbocycles. The molecule has 0 saturated heterocycles. The zero-order valence-corrected chi connectivity index (χ0v) is 11.2. The van der Waals surface area contributed by atoms with Gasteiger partial charge >= 0.3 is 0 Å². The molecular formula is C10H14BrNO2S. The molecule has 0 unspecified atom stereocenters. The Morgan fingerprint density at radius 2 is 1.93 bits per heavy atom. The van der Waals surface area contributed by atoms with Crippen LogP contribution in [0, 0.1) is 6.92 Å². The zero-order chi connectivity index (χ0) is 11.5.